The number of pyridine rings is 1. The Bertz CT molecular complexity index is 1500. The molecule has 5 rings (SSSR count). The molecule has 1 N–H and O–H groups in total. The second-order valence-electron chi connectivity index (χ2n) is 8.00. The summed E-state index contributed by atoms with van der Waals surface area (Å²) in [6, 6.07) is 12.9. The summed E-state index contributed by atoms with van der Waals surface area (Å²) in [7, 11) is 4.74. The van der Waals surface area contributed by atoms with Gasteiger partial charge in [0.25, 0.3) is 5.91 Å². The van der Waals surface area contributed by atoms with Crippen LogP contribution in [0.5, 0.6) is 23.0 Å². The Morgan fingerprint density at radius 3 is 2.61 bits per heavy atom. The maximum absolute atomic E-state index is 13.1. The summed E-state index contributed by atoms with van der Waals surface area (Å²) in [6.45, 7) is 1.65. The number of carbonyl (C=O) groups excluding carboxylic acids is 1. The molecule has 0 spiro atoms. The highest BCUT2D eigenvalue weighted by Crippen LogP contribution is 2.36. The number of ether oxygens (including phenoxy) is 4. The number of aromatic nitrogens is 3. The Morgan fingerprint density at radius 2 is 1.86 bits per heavy atom. The van der Waals surface area contributed by atoms with Gasteiger partial charge in [-0.05, 0) is 35.9 Å². The van der Waals surface area contributed by atoms with E-state index in [0.29, 0.717) is 48.0 Å². The monoisotopic (exact) mass is 487 g/mol. The first-order valence-electron chi connectivity index (χ1n) is 11.3. The second kappa shape index (κ2) is 9.95. The number of rotatable bonds is 7. The fraction of sp³-hybridized carbons (Fsp3) is 0.231. The summed E-state index contributed by atoms with van der Waals surface area (Å²) in [6.07, 6.45) is 3.02. The number of benzene rings is 2. The highest BCUT2D eigenvalue weighted by Gasteiger charge is 2.20. The molecule has 184 valence electrons. The van der Waals surface area contributed by atoms with Crippen molar-refractivity contribution in [3.05, 3.63) is 71.6 Å². The minimum atomic E-state index is -0.479. The van der Waals surface area contributed by atoms with Crippen molar-refractivity contribution in [2.45, 2.75) is 13.2 Å². The van der Waals surface area contributed by atoms with Gasteiger partial charge in [-0.1, -0.05) is 12.1 Å². The molecule has 0 radical (unpaired) electrons. The lowest BCUT2D eigenvalue weighted by atomic mass is 10.2. The Labute approximate surface area is 207 Å². The standard InChI is InChI=1S/C26H25N5O5/c1-33-18-6-4-16(5-7-18)15-36-19-12-17(13-27-14-19)25(32)30-26-29-22-20(24-28-10-11-31(24)26)8-9-21(34-2)23(22)35-3/h4-9,12-14,28H,10-11,15H2,1-3H3. The first kappa shape index (κ1) is 23.2. The molecule has 10 nitrogen and oxygen atoms in total. The van der Waals surface area contributed by atoms with E-state index in [-0.39, 0.29) is 5.62 Å². The van der Waals surface area contributed by atoms with Crippen LogP contribution in [0.15, 0.2) is 59.9 Å². The van der Waals surface area contributed by atoms with Gasteiger partial charge in [0.05, 0.1) is 33.1 Å². The normalized spacial score (nSPS) is 12.7. The Balaban J connectivity index is 1.46. The maximum atomic E-state index is 13.1. The van der Waals surface area contributed by atoms with Gasteiger partial charge in [-0.3, -0.25) is 14.3 Å². The van der Waals surface area contributed by atoms with Gasteiger partial charge in [0, 0.05) is 24.7 Å². The summed E-state index contributed by atoms with van der Waals surface area (Å²) >= 11 is 0. The molecule has 0 fully saturated rings. The van der Waals surface area contributed by atoms with E-state index in [1.807, 2.05) is 41.0 Å². The van der Waals surface area contributed by atoms with E-state index < -0.39 is 5.91 Å². The van der Waals surface area contributed by atoms with E-state index in [1.165, 1.54) is 6.20 Å². The van der Waals surface area contributed by atoms with Gasteiger partial charge in [-0.15, -0.1) is 0 Å². The van der Waals surface area contributed by atoms with Crippen molar-refractivity contribution >= 4 is 22.6 Å². The van der Waals surface area contributed by atoms with Crippen LogP contribution in [0.3, 0.4) is 0 Å². The quantitative estimate of drug-likeness (QED) is 0.423. The van der Waals surface area contributed by atoms with Crippen LogP contribution >= 0.6 is 0 Å². The zero-order chi connectivity index (χ0) is 25.1. The predicted octanol–water partition coefficient (Wildman–Crippen LogP) is 3.20. The largest absolute Gasteiger partial charge is 0.497 e. The average Bonchev–Trinajstić information content (AvgIpc) is 3.42. The summed E-state index contributed by atoms with van der Waals surface area (Å²) in [4.78, 5) is 26.3. The molecule has 0 saturated carbocycles. The van der Waals surface area contributed by atoms with Crippen LogP contribution in [0.2, 0.25) is 0 Å². The third-order valence-electron chi connectivity index (χ3n) is 5.85. The number of fused-ring (bicyclic) bond motifs is 3. The number of hydrogen-bond acceptors (Lipinski definition) is 8. The number of anilines is 1. The minimum Gasteiger partial charge on any atom is -0.497 e. The van der Waals surface area contributed by atoms with Crippen LogP contribution in [0.25, 0.3) is 10.9 Å². The molecule has 1 aliphatic rings. The highest BCUT2D eigenvalue weighted by molar-refractivity contribution is 5.96. The molecule has 2 aromatic carbocycles. The third kappa shape index (κ3) is 4.40. The average molecular weight is 488 g/mol. The Morgan fingerprint density at radius 1 is 1.03 bits per heavy atom. The molecule has 36 heavy (non-hydrogen) atoms. The number of nitrogens with one attached hydrogen (secondary N) is 1. The molecule has 1 aliphatic heterocycles. The molecule has 0 unspecified atom stereocenters. The molecule has 1 amide bonds. The number of methoxy groups -OCH3 is 3. The van der Waals surface area contributed by atoms with Crippen molar-refractivity contribution < 1.29 is 23.7 Å². The lowest BCUT2D eigenvalue weighted by Crippen LogP contribution is -2.25. The Hall–Kier alpha value is -4.60. The van der Waals surface area contributed by atoms with E-state index in [9.17, 15) is 4.79 Å². The number of amides is 1. The van der Waals surface area contributed by atoms with E-state index in [1.54, 1.807) is 33.6 Å². The Kier molecular flexibility index (Phi) is 6.40. The second-order valence-corrected chi connectivity index (χ2v) is 8.00. The van der Waals surface area contributed by atoms with Crippen LogP contribution in [0.4, 0.5) is 5.82 Å². The molecule has 0 atom stereocenters. The SMILES string of the molecule is COc1ccc(COc2cncc(C(=O)N=c3nc4c(OC)c(OC)ccc4c4n3CCN4)c2)cc1. The van der Waals surface area contributed by atoms with E-state index in [2.05, 4.69) is 20.3 Å². The van der Waals surface area contributed by atoms with Crippen molar-refractivity contribution in [1.29, 1.82) is 0 Å². The van der Waals surface area contributed by atoms with E-state index in [0.717, 1.165) is 22.5 Å². The topological polar surface area (TPSA) is 109 Å². The van der Waals surface area contributed by atoms with E-state index in [4.69, 9.17) is 18.9 Å². The maximum Gasteiger partial charge on any atom is 0.281 e. The molecule has 0 saturated heterocycles. The van der Waals surface area contributed by atoms with Crippen LogP contribution in [-0.2, 0) is 13.2 Å². The first-order valence-corrected chi connectivity index (χ1v) is 11.3. The molecule has 0 aliphatic carbocycles. The summed E-state index contributed by atoms with van der Waals surface area (Å²) in [5, 5.41) is 4.20. The van der Waals surface area contributed by atoms with Crippen molar-refractivity contribution in [2.75, 3.05) is 33.2 Å². The van der Waals surface area contributed by atoms with Crippen molar-refractivity contribution in [2.24, 2.45) is 4.99 Å². The van der Waals surface area contributed by atoms with Crippen molar-refractivity contribution in [1.82, 2.24) is 14.5 Å². The smallest absolute Gasteiger partial charge is 0.281 e. The first-order chi connectivity index (χ1) is 17.6. The van der Waals surface area contributed by atoms with Gasteiger partial charge in [0.15, 0.2) is 11.5 Å². The summed E-state index contributed by atoms with van der Waals surface area (Å²) in [5.74, 6) is 2.60. The van der Waals surface area contributed by atoms with Gasteiger partial charge < -0.3 is 24.3 Å². The summed E-state index contributed by atoms with van der Waals surface area (Å²) in [5.41, 5.74) is 2.07. The van der Waals surface area contributed by atoms with Crippen LogP contribution in [-0.4, -0.2) is 48.3 Å². The van der Waals surface area contributed by atoms with Gasteiger partial charge in [0.1, 0.15) is 29.4 Å². The lowest BCUT2D eigenvalue weighted by molar-refractivity contribution is 0.0995. The third-order valence-corrected chi connectivity index (χ3v) is 5.85. The van der Waals surface area contributed by atoms with Gasteiger partial charge in [-0.2, -0.15) is 4.99 Å². The van der Waals surface area contributed by atoms with Gasteiger partial charge in [0.2, 0.25) is 5.62 Å². The number of nitrogens with zero attached hydrogens (tertiary/aromatic N) is 4. The van der Waals surface area contributed by atoms with Crippen molar-refractivity contribution in [3.8, 4) is 23.0 Å². The molecular formula is C26H25N5O5. The molecule has 3 heterocycles. The molecular weight excluding hydrogens is 462 g/mol. The molecule has 0 bridgehead atoms. The fourth-order valence-electron chi connectivity index (χ4n) is 4.05. The zero-order valence-corrected chi connectivity index (χ0v) is 20.1. The molecule has 2 aromatic heterocycles. The zero-order valence-electron chi connectivity index (χ0n) is 20.1. The van der Waals surface area contributed by atoms with Crippen molar-refractivity contribution in [3.63, 3.8) is 0 Å². The van der Waals surface area contributed by atoms with Crippen LogP contribution in [0, 0.1) is 0 Å². The minimum absolute atomic E-state index is 0.267. The van der Waals surface area contributed by atoms with E-state index >= 15 is 0 Å². The summed E-state index contributed by atoms with van der Waals surface area (Å²) < 4.78 is 23.9. The van der Waals surface area contributed by atoms with Crippen LogP contribution in [0.1, 0.15) is 15.9 Å². The molecule has 10 heteroatoms. The molecule has 4 aromatic rings. The number of hydrogen-bond donors (Lipinski definition) is 1. The highest BCUT2D eigenvalue weighted by atomic mass is 16.5. The predicted molar refractivity (Wildman–Crippen MR) is 133 cm³/mol. The number of carbonyl (C=O) groups is 1. The fourth-order valence-corrected chi connectivity index (χ4v) is 4.05. The van der Waals surface area contributed by atoms with Crippen LogP contribution < -0.4 is 29.9 Å². The van der Waals surface area contributed by atoms with Gasteiger partial charge >= 0.3 is 0 Å². The van der Waals surface area contributed by atoms with Gasteiger partial charge in [-0.25, -0.2) is 4.98 Å². The lowest BCUT2D eigenvalue weighted by Gasteiger charge is -2.13.